The lowest BCUT2D eigenvalue weighted by Gasteiger charge is -2.36. The minimum atomic E-state index is -0.372. The van der Waals surface area contributed by atoms with Gasteiger partial charge in [-0.3, -0.25) is 4.79 Å². The molecule has 0 spiro atoms. The van der Waals surface area contributed by atoms with Gasteiger partial charge in [0.25, 0.3) is 5.91 Å². The lowest BCUT2D eigenvalue weighted by Crippen LogP contribution is -2.49. The summed E-state index contributed by atoms with van der Waals surface area (Å²) in [6, 6.07) is 23.7. The van der Waals surface area contributed by atoms with Crippen molar-refractivity contribution in [1.82, 2.24) is 14.7 Å². The molecule has 0 aliphatic carbocycles. The standard InChI is InChI=1S/C27H24ClFN4O/c1-19-7-6-8-20(17-19)33-26(18-24(30-33)21-9-2-4-11-23(21)29)27(34)32-15-13-31(14-16-32)25-12-5-3-10-22(25)28/h2-12,17-18H,13-16H2,1H3. The zero-order valence-corrected chi connectivity index (χ0v) is 19.5. The lowest BCUT2D eigenvalue weighted by molar-refractivity contribution is 0.0737. The van der Waals surface area contributed by atoms with Gasteiger partial charge < -0.3 is 9.80 Å². The van der Waals surface area contributed by atoms with Crippen LogP contribution in [-0.4, -0.2) is 46.8 Å². The van der Waals surface area contributed by atoms with E-state index in [0.717, 1.165) is 16.9 Å². The predicted molar refractivity (Wildman–Crippen MR) is 133 cm³/mol. The summed E-state index contributed by atoms with van der Waals surface area (Å²) in [6.07, 6.45) is 0. The van der Waals surface area contributed by atoms with Crippen molar-refractivity contribution in [2.24, 2.45) is 0 Å². The van der Waals surface area contributed by atoms with Gasteiger partial charge in [0.2, 0.25) is 0 Å². The maximum atomic E-state index is 14.5. The molecule has 5 rings (SSSR count). The van der Waals surface area contributed by atoms with Crippen LogP contribution < -0.4 is 4.90 Å². The van der Waals surface area contributed by atoms with Crippen LogP contribution in [0.1, 0.15) is 16.1 Å². The van der Waals surface area contributed by atoms with E-state index in [1.165, 1.54) is 6.07 Å². The fourth-order valence-electron chi connectivity index (χ4n) is 4.31. The van der Waals surface area contributed by atoms with E-state index >= 15 is 0 Å². The molecule has 1 fully saturated rings. The topological polar surface area (TPSA) is 41.4 Å². The first-order chi connectivity index (χ1) is 16.5. The van der Waals surface area contributed by atoms with Crippen LogP contribution in [0.15, 0.2) is 78.9 Å². The number of para-hydroxylation sites is 1. The number of hydrogen-bond acceptors (Lipinski definition) is 3. The molecule has 172 valence electrons. The van der Waals surface area contributed by atoms with Gasteiger partial charge in [0.15, 0.2) is 0 Å². The molecule has 5 nitrogen and oxygen atoms in total. The fraction of sp³-hybridized carbons (Fsp3) is 0.185. The molecule has 1 aliphatic heterocycles. The number of carbonyl (C=O) groups is 1. The molecule has 0 radical (unpaired) electrons. The smallest absolute Gasteiger partial charge is 0.272 e. The minimum Gasteiger partial charge on any atom is -0.367 e. The van der Waals surface area contributed by atoms with Gasteiger partial charge in [-0.15, -0.1) is 0 Å². The van der Waals surface area contributed by atoms with Gasteiger partial charge in [0.05, 0.1) is 22.1 Å². The highest BCUT2D eigenvalue weighted by Crippen LogP contribution is 2.28. The Morgan fingerprint density at radius 2 is 1.65 bits per heavy atom. The molecule has 0 atom stereocenters. The van der Waals surface area contributed by atoms with Crippen molar-refractivity contribution < 1.29 is 9.18 Å². The predicted octanol–water partition coefficient (Wildman–Crippen LogP) is 5.60. The van der Waals surface area contributed by atoms with Crippen LogP contribution in [0.4, 0.5) is 10.1 Å². The molecule has 1 saturated heterocycles. The summed E-state index contributed by atoms with van der Waals surface area (Å²) in [4.78, 5) is 17.7. The molecule has 1 amide bonds. The quantitative estimate of drug-likeness (QED) is 0.386. The first-order valence-electron chi connectivity index (χ1n) is 11.2. The van der Waals surface area contributed by atoms with Gasteiger partial charge in [0.1, 0.15) is 11.5 Å². The van der Waals surface area contributed by atoms with E-state index in [4.69, 9.17) is 11.6 Å². The summed E-state index contributed by atoms with van der Waals surface area (Å²) >= 11 is 6.36. The maximum absolute atomic E-state index is 14.5. The van der Waals surface area contributed by atoms with Crippen LogP contribution in [0.5, 0.6) is 0 Å². The van der Waals surface area contributed by atoms with Gasteiger partial charge in [-0.25, -0.2) is 9.07 Å². The van der Waals surface area contributed by atoms with Crippen molar-refractivity contribution in [2.75, 3.05) is 31.1 Å². The molecule has 34 heavy (non-hydrogen) atoms. The highest BCUT2D eigenvalue weighted by atomic mass is 35.5. The van der Waals surface area contributed by atoms with Crippen LogP contribution >= 0.6 is 11.6 Å². The molecule has 1 aromatic heterocycles. The number of amides is 1. The third-order valence-corrected chi connectivity index (χ3v) is 6.40. The summed E-state index contributed by atoms with van der Waals surface area (Å²) in [5.74, 6) is -0.501. The number of piperazine rings is 1. The van der Waals surface area contributed by atoms with Gasteiger partial charge in [-0.1, -0.05) is 48.0 Å². The highest BCUT2D eigenvalue weighted by Gasteiger charge is 2.27. The summed E-state index contributed by atoms with van der Waals surface area (Å²) < 4.78 is 16.1. The first kappa shape index (κ1) is 22.2. The van der Waals surface area contributed by atoms with Crippen LogP contribution in [0.2, 0.25) is 5.02 Å². The normalized spacial score (nSPS) is 13.9. The number of aromatic nitrogens is 2. The number of benzene rings is 3. The SMILES string of the molecule is Cc1cccc(-n2nc(-c3ccccc3F)cc2C(=O)N2CCN(c3ccccc3Cl)CC2)c1. The van der Waals surface area contributed by atoms with Crippen LogP contribution in [-0.2, 0) is 0 Å². The Labute approximate surface area is 203 Å². The van der Waals surface area contributed by atoms with Crippen LogP contribution in [0.3, 0.4) is 0 Å². The van der Waals surface area contributed by atoms with Gasteiger partial charge in [-0.2, -0.15) is 5.10 Å². The van der Waals surface area contributed by atoms with Gasteiger partial charge >= 0.3 is 0 Å². The van der Waals surface area contributed by atoms with E-state index in [1.807, 2.05) is 60.4 Å². The second kappa shape index (κ2) is 9.31. The number of aryl methyl sites for hydroxylation is 1. The third kappa shape index (κ3) is 4.29. The molecule has 1 aliphatic rings. The molecule has 3 aromatic carbocycles. The largest absolute Gasteiger partial charge is 0.367 e. The second-order valence-electron chi connectivity index (χ2n) is 8.38. The van der Waals surface area contributed by atoms with Crippen molar-refractivity contribution in [3.8, 4) is 16.9 Å². The molecule has 0 N–H and O–H groups in total. The van der Waals surface area contributed by atoms with Gasteiger partial charge in [0, 0.05) is 31.7 Å². The molecule has 2 heterocycles. The minimum absolute atomic E-state index is 0.129. The average molecular weight is 475 g/mol. The van der Waals surface area contributed by atoms with Crippen molar-refractivity contribution >= 4 is 23.2 Å². The zero-order valence-electron chi connectivity index (χ0n) is 18.8. The van der Waals surface area contributed by atoms with E-state index in [-0.39, 0.29) is 11.7 Å². The van der Waals surface area contributed by atoms with E-state index in [9.17, 15) is 9.18 Å². The summed E-state index contributed by atoms with van der Waals surface area (Å²) in [7, 11) is 0. The van der Waals surface area contributed by atoms with Crippen molar-refractivity contribution in [1.29, 1.82) is 0 Å². The van der Waals surface area contributed by atoms with Crippen LogP contribution in [0.25, 0.3) is 16.9 Å². The molecule has 0 unspecified atom stereocenters. The Hall–Kier alpha value is -3.64. The Kier molecular flexibility index (Phi) is 6.07. The number of nitrogens with zero attached hydrogens (tertiary/aromatic N) is 4. The first-order valence-corrected chi connectivity index (χ1v) is 11.6. The van der Waals surface area contributed by atoms with Crippen molar-refractivity contribution in [3.05, 3.63) is 101 Å². The lowest BCUT2D eigenvalue weighted by atomic mass is 10.1. The number of carbonyl (C=O) groups excluding carboxylic acids is 1. The number of hydrogen-bond donors (Lipinski definition) is 0. The zero-order chi connectivity index (χ0) is 23.7. The van der Waals surface area contributed by atoms with E-state index in [0.29, 0.717) is 48.2 Å². The van der Waals surface area contributed by atoms with E-state index in [2.05, 4.69) is 10.00 Å². The summed E-state index contributed by atoms with van der Waals surface area (Å²) in [6.45, 7) is 4.44. The number of rotatable bonds is 4. The molecule has 0 bridgehead atoms. The summed E-state index contributed by atoms with van der Waals surface area (Å²) in [5, 5.41) is 5.35. The fourth-order valence-corrected chi connectivity index (χ4v) is 4.57. The molecule has 4 aromatic rings. The Morgan fingerprint density at radius 3 is 2.38 bits per heavy atom. The maximum Gasteiger partial charge on any atom is 0.272 e. The monoisotopic (exact) mass is 474 g/mol. The molecular weight excluding hydrogens is 451 g/mol. The Balaban J connectivity index is 1.46. The molecule has 7 heteroatoms. The highest BCUT2D eigenvalue weighted by molar-refractivity contribution is 6.33. The molecular formula is C27H24ClFN4O. The average Bonchev–Trinajstić information content (AvgIpc) is 3.30. The Bertz CT molecular complexity index is 1340. The van der Waals surface area contributed by atoms with Crippen LogP contribution in [0, 0.1) is 12.7 Å². The van der Waals surface area contributed by atoms with Crippen molar-refractivity contribution in [3.63, 3.8) is 0 Å². The third-order valence-electron chi connectivity index (χ3n) is 6.08. The number of halogens is 2. The van der Waals surface area contributed by atoms with E-state index in [1.54, 1.807) is 28.9 Å². The number of anilines is 1. The van der Waals surface area contributed by atoms with Crippen molar-refractivity contribution in [2.45, 2.75) is 6.92 Å². The second-order valence-corrected chi connectivity index (χ2v) is 8.78. The van der Waals surface area contributed by atoms with E-state index < -0.39 is 0 Å². The van der Waals surface area contributed by atoms with Gasteiger partial charge in [-0.05, 0) is 55.0 Å². The summed E-state index contributed by atoms with van der Waals surface area (Å²) in [5.41, 5.74) is 4.00. The molecule has 0 saturated carbocycles. The Morgan fingerprint density at radius 1 is 0.912 bits per heavy atom.